The summed E-state index contributed by atoms with van der Waals surface area (Å²) in [4.78, 5) is 0. The molecule has 0 saturated heterocycles. The average molecular weight is 779 g/mol. The van der Waals surface area contributed by atoms with Gasteiger partial charge in [0.25, 0.3) is 0 Å². The largest absolute Gasteiger partial charge is 0.0654 e. The molecule has 0 radical (unpaired) electrons. The van der Waals surface area contributed by atoms with Crippen molar-refractivity contribution in [2.24, 2.45) is 0 Å². The minimum atomic E-state index is 1.27. The van der Waals surface area contributed by atoms with E-state index in [0.29, 0.717) is 0 Å². The topological polar surface area (TPSA) is 0 Å². The molecule has 0 atom stereocenters. The third-order valence-electron chi connectivity index (χ3n) is 13.1. The fourth-order valence-electron chi connectivity index (χ4n) is 9.18. The van der Waals surface area contributed by atoms with Gasteiger partial charge in [-0.1, -0.05) is 302 Å². The Morgan fingerprint density at radius 3 is 0.500 bits per heavy atom. The van der Waals surface area contributed by atoms with Crippen LogP contribution >= 0.6 is 0 Å². The molecule has 0 N–H and O–H groups in total. The van der Waals surface area contributed by atoms with Crippen LogP contribution in [0.15, 0.2) is 18.2 Å². The first kappa shape index (κ1) is 53.2. The van der Waals surface area contributed by atoms with Crippen LogP contribution in [0.1, 0.15) is 320 Å². The Kier molecular flexibility index (Phi) is 43.1. The number of unbranched alkanes of at least 4 members (excludes halogenated alkanes) is 41. The first-order valence-corrected chi connectivity index (χ1v) is 26.9. The first-order valence-electron chi connectivity index (χ1n) is 26.9. The van der Waals surface area contributed by atoms with Gasteiger partial charge in [0.15, 0.2) is 0 Å². The van der Waals surface area contributed by atoms with Crippen molar-refractivity contribution < 1.29 is 0 Å². The van der Waals surface area contributed by atoms with Crippen LogP contribution in [-0.4, -0.2) is 0 Å². The second kappa shape index (κ2) is 45.3. The van der Waals surface area contributed by atoms with Crippen LogP contribution in [0, 0.1) is 0 Å². The summed E-state index contributed by atoms with van der Waals surface area (Å²) in [5.41, 5.74) is 4.89. The zero-order valence-electron chi connectivity index (χ0n) is 39.5. The minimum Gasteiger partial charge on any atom is -0.0654 e. The van der Waals surface area contributed by atoms with E-state index in [1.807, 2.05) is 0 Å². The number of aryl methyl sites for hydroxylation is 3. The summed E-state index contributed by atoms with van der Waals surface area (Å²) in [7, 11) is 0. The summed E-state index contributed by atoms with van der Waals surface area (Å²) in [6, 6.07) is 7.71. The molecule has 0 spiro atoms. The normalized spacial score (nSPS) is 11.6. The zero-order chi connectivity index (χ0) is 40.1. The van der Waals surface area contributed by atoms with Gasteiger partial charge < -0.3 is 0 Å². The number of benzene rings is 1. The second-order valence-electron chi connectivity index (χ2n) is 18.9. The lowest BCUT2D eigenvalue weighted by Gasteiger charge is -2.11. The maximum Gasteiger partial charge on any atom is -0.0279 e. The maximum atomic E-state index is 2.59. The third-order valence-corrected chi connectivity index (χ3v) is 13.1. The molecule has 1 aromatic rings. The fraction of sp³-hybridized carbons (Fsp3) is 0.893. The molecule has 330 valence electrons. The van der Waals surface area contributed by atoms with E-state index in [4.69, 9.17) is 0 Å². The molecule has 0 amide bonds. The maximum absolute atomic E-state index is 2.59. The quantitative estimate of drug-likeness (QED) is 0.0578. The first-order chi connectivity index (χ1) is 27.8. The lowest BCUT2D eigenvalue weighted by Crippen LogP contribution is -1.96. The Morgan fingerprint density at radius 1 is 0.179 bits per heavy atom. The van der Waals surface area contributed by atoms with E-state index in [2.05, 4.69) is 39.0 Å². The summed E-state index contributed by atoms with van der Waals surface area (Å²) in [6.07, 6.45) is 67.9. The highest BCUT2D eigenvalue weighted by Gasteiger charge is 2.04. The molecule has 0 aliphatic carbocycles. The summed E-state index contributed by atoms with van der Waals surface area (Å²) >= 11 is 0. The van der Waals surface area contributed by atoms with Crippen molar-refractivity contribution in [1.29, 1.82) is 0 Å². The van der Waals surface area contributed by atoms with Crippen LogP contribution in [-0.2, 0) is 19.3 Å². The van der Waals surface area contributed by atoms with E-state index >= 15 is 0 Å². The van der Waals surface area contributed by atoms with Gasteiger partial charge in [-0.2, -0.15) is 0 Å². The molecular formula is C56H106. The van der Waals surface area contributed by atoms with Crippen molar-refractivity contribution in [3.8, 4) is 0 Å². The van der Waals surface area contributed by atoms with Crippen LogP contribution < -0.4 is 0 Å². The molecule has 1 rings (SSSR count). The Labute approximate surface area is 356 Å². The summed E-state index contributed by atoms with van der Waals surface area (Å²) in [6.45, 7) is 6.96. The van der Waals surface area contributed by atoms with Gasteiger partial charge >= 0.3 is 0 Å². The molecule has 0 aliphatic heterocycles. The van der Waals surface area contributed by atoms with Gasteiger partial charge in [-0.15, -0.1) is 0 Å². The number of rotatable bonds is 47. The van der Waals surface area contributed by atoms with Crippen LogP contribution in [0.5, 0.6) is 0 Å². The fourth-order valence-corrected chi connectivity index (χ4v) is 9.18. The Balaban J connectivity index is 1.97. The van der Waals surface area contributed by atoms with Gasteiger partial charge in [0, 0.05) is 0 Å². The number of hydrogen-bond donors (Lipinski definition) is 0. The summed E-state index contributed by atoms with van der Waals surface area (Å²) < 4.78 is 0. The monoisotopic (exact) mass is 779 g/mol. The predicted octanol–water partition coefficient (Wildman–Crippen LogP) is 20.5. The number of hydrogen-bond acceptors (Lipinski definition) is 0. The molecule has 0 nitrogen and oxygen atoms in total. The molecule has 0 unspecified atom stereocenters. The molecule has 0 aliphatic rings. The average Bonchev–Trinajstić information content (AvgIpc) is 3.21. The second-order valence-corrected chi connectivity index (χ2v) is 18.9. The Morgan fingerprint density at radius 2 is 0.321 bits per heavy atom. The van der Waals surface area contributed by atoms with Gasteiger partial charge in [-0.25, -0.2) is 0 Å². The molecule has 0 aromatic heterocycles. The molecular weight excluding hydrogens is 673 g/mol. The van der Waals surface area contributed by atoms with Gasteiger partial charge in [0.2, 0.25) is 0 Å². The standard InChI is InChI=1S/C56H106/c1-4-7-10-12-14-16-18-20-22-24-26-28-30-32-34-36-38-40-42-44-46-49-55-51-54(48-9-6-3)52-56(53-55)50-47-45-43-41-39-37-35-33-31-29-27-25-23-21-19-17-15-13-11-8-5-2/h51-53H,4-50H2,1-3H3. The summed E-state index contributed by atoms with van der Waals surface area (Å²) in [5, 5.41) is 0. The van der Waals surface area contributed by atoms with Gasteiger partial charge in [-0.3, -0.25) is 0 Å². The van der Waals surface area contributed by atoms with E-state index in [9.17, 15) is 0 Å². The molecule has 0 heteroatoms. The molecule has 1 aromatic carbocycles. The minimum absolute atomic E-state index is 1.27. The van der Waals surface area contributed by atoms with Crippen molar-refractivity contribution in [3.63, 3.8) is 0 Å². The summed E-state index contributed by atoms with van der Waals surface area (Å²) in [5.74, 6) is 0. The highest BCUT2D eigenvalue weighted by atomic mass is 14.1. The predicted molar refractivity (Wildman–Crippen MR) is 258 cm³/mol. The van der Waals surface area contributed by atoms with Crippen LogP contribution in [0.4, 0.5) is 0 Å². The van der Waals surface area contributed by atoms with Gasteiger partial charge in [0.1, 0.15) is 0 Å². The van der Waals surface area contributed by atoms with E-state index in [1.165, 1.54) is 302 Å². The Bertz CT molecular complexity index is 803. The van der Waals surface area contributed by atoms with Crippen LogP contribution in [0.2, 0.25) is 0 Å². The molecule has 0 heterocycles. The van der Waals surface area contributed by atoms with E-state index in [-0.39, 0.29) is 0 Å². The van der Waals surface area contributed by atoms with Crippen molar-refractivity contribution in [1.82, 2.24) is 0 Å². The van der Waals surface area contributed by atoms with Crippen molar-refractivity contribution in [2.75, 3.05) is 0 Å². The Hall–Kier alpha value is -0.780. The lowest BCUT2D eigenvalue weighted by molar-refractivity contribution is 0.520. The molecule has 0 bridgehead atoms. The van der Waals surface area contributed by atoms with Crippen LogP contribution in [0.25, 0.3) is 0 Å². The zero-order valence-corrected chi connectivity index (χ0v) is 39.5. The molecule has 56 heavy (non-hydrogen) atoms. The van der Waals surface area contributed by atoms with Crippen molar-refractivity contribution in [3.05, 3.63) is 34.9 Å². The smallest absolute Gasteiger partial charge is 0.0279 e. The van der Waals surface area contributed by atoms with Crippen LogP contribution in [0.3, 0.4) is 0 Å². The highest BCUT2D eigenvalue weighted by molar-refractivity contribution is 5.30. The van der Waals surface area contributed by atoms with E-state index in [1.54, 1.807) is 16.7 Å². The van der Waals surface area contributed by atoms with Gasteiger partial charge in [0.05, 0.1) is 0 Å². The van der Waals surface area contributed by atoms with Gasteiger partial charge in [-0.05, 0) is 55.2 Å². The van der Waals surface area contributed by atoms with E-state index < -0.39 is 0 Å². The third kappa shape index (κ3) is 38.7. The molecule has 0 fully saturated rings. The molecule has 0 saturated carbocycles. The highest BCUT2D eigenvalue weighted by Crippen LogP contribution is 2.21. The SMILES string of the molecule is CCCCCCCCCCCCCCCCCCCCCCCc1cc(CCCC)cc(CCCCCCCCCCCCCCCCCCCCCCC)c1. The lowest BCUT2D eigenvalue weighted by atomic mass is 9.95. The van der Waals surface area contributed by atoms with Crippen molar-refractivity contribution >= 4 is 0 Å². The van der Waals surface area contributed by atoms with E-state index in [0.717, 1.165) is 0 Å². The van der Waals surface area contributed by atoms with Crippen molar-refractivity contribution in [2.45, 2.75) is 323 Å².